The van der Waals surface area contributed by atoms with Gasteiger partial charge in [-0.3, -0.25) is 0 Å². The van der Waals surface area contributed by atoms with Gasteiger partial charge in [-0.1, -0.05) is 23.4 Å². The lowest BCUT2D eigenvalue weighted by atomic mass is 10.1. The van der Waals surface area contributed by atoms with Gasteiger partial charge in [0.25, 0.3) is 0 Å². The van der Waals surface area contributed by atoms with Crippen molar-refractivity contribution in [2.45, 2.75) is 58.7 Å². The number of aryl methyl sites for hydroxylation is 2. The summed E-state index contributed by atoms with van der Waals surface area (Å²) in [5.74, 6) is 0.414. The quantitative estimate of drug-likeness (QED) is 0.872. The largest absolute Gasteiger partial charge is 0.361 e. The van der Waals surface area contributed by atoms with Crippen molar-refractivity contribution in [2.24, 2.45) is 0 Å². The minimum atomic E-state index is -0.328. The van der Waals surface area contributed by atoms with Crippen LogP contribution in [-0.2, 0) is 0 Å². The summed E-state index contributed by atoms with van der Waals surface area (Å²) in [6, 6.07) is 6.04. The molecule has 1 aromatic carbocycles. The summed E-state index contributed by atoms with van der Waals surface area (Å²) in [6.45, 7) is 7.47. The predicted molar refractivity (Wildman–Crippen MR) is 92.6 cm³/mol. The van der Waals surface area contributed by atoms with Gasteiger partial charge < -0.3 is 14.7 Å². The Kier molecular flexibility index (Phi) is 4.79. The number of hydrogen-bond acceptors (Lipinski definition) is 3. The zero-order chi connectivity index (χ0) is 18.1. The third kappa shape index (κ3) is 3.52. The van der Waals surface area contributed by atoms with E-state index in [1.165, 1.54) is 6.07 Å². The Morgan fingerprint density at radius 3 is 2.56 bits per heavy atom. The molecule has 1 heterocycles. The average Bonchev–Trinajstić information content (AvgIpc) is 3.32. The van der Waals surface area contributed by atoms with Crippen LogP contribution in [0.15, 0.2) is 28.8 Å². The van der Waals surface area contributed by atoms with Gasteiger partial charge >= 0.3 is 6.03 Å². The molecule has 1 saturated carbocycles. The number of nitrogens with zero attached hydrogens (tertiary/aromatic N) is 2. The second-order valence-electron chi connectivity index (χ2n) is 6.74. The highest BCUT2D eigenvalue weighted by Gasteiger charge is 2.37. The zero-order valence-corrected chi connectivity index (χ0v) is 15.0. The molecular weight excluding hydrogens is 321 g/mol. The van der Waals surface area contributed by atoms with Crippen LogP contribution < -0.4 is 5.32 Å². The van der Waals surface area contributed by atoms with E-state index >= 15 is 0 Å². The number of amides is 2. The molecule has 1 aliphatic carbocycles. The van der Waals surface area contributed by atoms with Crippen molar-refractivity contribution in [1.82, 2.24) is 15.4 Å². The minimum Gasteiger partial charge on any atom is -0.361 e. The van der Waals surface area contributed by atoms with Gasteiger partial charge in [0.05, 0.1) is 17.8 Å². The number of benzene rings is 1. The summed E-state index contributed by atoms with van der Waals surface area (Å²) in [5, 5.41) is 6.96. The Morgan fingerprint density at radius 2 is 2.00 bits per heavy atom. The van der Waals surface area contributed by atoms with Crippen molar-refractivity contribution in [1.29, 1.82) is 0 Å². The number of rotatable bonds is 5. The van der Waals surface area contributed by atoms with Gasteiger partial charge in [0.1, 0.15) is 11.6 Å². The molecule has 1 aromatic heterocycles. The van der Waals surface area contributed by atoms with Crippen molar-refractivity contribution in [3.63, 3.8) is 0 Å². The SMILES string of the molecule is Cc1noc(C)c1C(C)NC(=O)N(C1CC1)C(C)c1ccccc1F. The molecule has 6 heteroatoms. The van der Waals surface area contributed by atoms with E-state index < -0.39 is 0 Å². The van der Waals surface area contributed by atoms with Gasteiger partial charge in [-0.2, -0.15) is 0 Å². The van der Waals surface area contributed by atoms with E-state index in [1.54, 1.807) is 23.1 Å². The number of aromatic nitrogens is 1. The highest BCUT2D eigenvalue weighted by atomic mass is 19.1. The molecule has 25 heavy (non-hydrogen) atoms. The minimum absolute atomic E-state index is 0.159. The van der Waals surface area contributed by atoms with Gasteiger partial charge in [-0.05, 0) is 46.6 Å². The normalized spacial score (nSPS) is 16.4. The van der Waals surface area contributed by atoms with Crippen LogP contribution in [0.4, 0.5) is 9.18 Å². The summed E-state index contributed by atoms with van der Waals surface area (Å²) < 4.78 is 19.3. The lowest BCUT2D eigenvalue weighted by Crippen LogP contribution is -2.44. The smallest absolute Gasteiger partial charge is 0.318 e. The molecule has 1 N–H and O–H groups in total. The molecule has 2 amide bonds. The number of carbonyl (C=O) groups is 1. The predicted octanol–water partition coefficient (Wildman–Crippen LogP) is 4.43. The molecule has 3 rings (SSSR count). The van der Waals surface area contributed by atoms with Crippen molar-refractivity contribution in [3.05, 3.63) is 52.7 Å². The van der Waals surface area contributed by atoms with Gasteiger partial charge in [0.2, 0.25) is 0 Å². The van der Waals surface area contributed by atoms with Crippen molar-refractivity contribution in [3.8, 4) is 0 Å². The van der Waals surface area contributed by atoms with Crippen LogP contribution in [0.2, 0.25) is 0 Å². The zero-order valence-electron chi connectivity index (χ0n) is 15.0. The second kappa shape index (κ2) is 6.86. The second-order valence-corrected chi connectivity index (χ2v) is 6.74. The third-order valence-corrected chi connectivity index (χ3v) is 4.81. The van der Waals surface area contributed by atoms with Crippen LogP contribution in [0.3, 0.4) is 0 Å². The summed E-state index contributed by atoms with van der Waals surface area (Å²) in [4.78, 5) is 14.7. The molecule has 0 saturated heterocycles. The van der Waals surface area contributed by atoms with Gasteiger partial charge in [-0.15, -0.1) is 0 Å². The third-order valence-electron chi connectivity index (χ3n) is 4.81. The summed E-state index contributed by atoms with van der Waals surface area (Å²) in [7, 11) is 0. The van der Waals surface area contributed by atoms with E-state index in [0.717, 1.165) is 24.1 Å². The first-order valence-electron chi connectivity index (χ1n) is 8.66. The lowest BCUT2D eigenvalue weighted by molar-refractivity contribution is 0.170. The lowest BCUT2D eigenvalue weighted by Gasteiger charge is -2.31. The molecule has 0 aliphatic heterocycles. The first kappa shape index (κ1) is 17.5. The van der Waals surface area contributed by atoms with E-state index in [9.17, 15) is 9.18 Å². The van der Waals surface area contributed by atoms with Crippen LogP contribution >= 0.6 is 0 Å². The number of halogens is 1. The van der Waals surface area contributed by atoms with E-state index in [1.807, 2.05) is 27.7 Å². The highest BCUT2D eigenvalue weighted by molar-refractivity contribution is 5.76. The summed E-state index contributed by atoms with van der Waals surface area (Å²) in [5.41, 5.74) is 2.20. The Morgan fingerprint density at radius 1 is 1.32 bits per heavy atom. The van der Waals surface area contributed by atoms with Crippen LogP contribution in [0.5, 0.6) is 0 Å². The molecule has 0 radical (unpaired) electrons. The van der Waals surface area contributed by atoms with Crippen molar-refractivity contribution >= 4 is 6.03 Å². The Balaban J connectivity index is 1.79. The molecule has 2 atom stereocenters. The number of nitrogens with one attached hydrogen (secondary N) is 1. The molecule has 2 unspecified atom stereocenters. The Hall–Kier alpha value is -2.37. The molecule has 0 spiro atoms. The molecule has 1 fully saturated rings. The molecule has 0 bridgehead atoms. The molecule has 5 nitrogen and oxygen atoms in total. The van der Waals surface area contributed by atoms with Gasteiger partial charge in [0, 0.05) is 17.2 Å². The van der Waals surface area contributed by atoms with Crippen LogP contribution in [0.1, 0.15) is 61.4 Å². The van der Waals surface area contributed by atoms with Crippen LogP contribution in [0.25, 0.3) is 0 Å². The first-order chi connectivity index (χ1) is 11.9. The Bertz CT molecular complexity index is 750. The van der Waals surface area contributed by atoms with Gasteiger partial charge in [0.15, 0.2) is 0 Å². The summed E-state index contributed by atoms with van der Waals surface area (Å²) in [6.07, 6.45) is 1.90. The number of hydrogen-bond donors (Lipinski definition) is 1. The van der Waals surface area contributed by atoms with E-state index in [2.05, 4.69) is 10.5 Å². The fourth-order valence-corrected chi connectivity index (χ4v) is 3.41. The monoisotopic (exact) mass is 345 g/mol. The topological polar surface area (TPSA) is 58.4 Å². The maximum atomic E-state index is 14.2. The van der Waals surface area contributed by atoms with Crippen molar-refractivity contribution < 1.29 is 13.7 Å². The van der Waals surface area contributed by atoms with Crippen LogP contribution in [-0.4, -0.2) is 22.1 Å². The maximum Gasteiger partial charge on any atom is 0.318 e. The molecule has 134 valence electrons. The fraction of sp³-hybridized carbons (Fsp3) is 0.474. The van der Waals surface area contributed by atoms with Gasteiger partial charge in [-0.25, -0.2) is 9.18 Å². The fourth-order valence-electron chi connectivity index (χ4n) is 3.41. The summed E-state index contributed by atoms with van der Waals surface area (Å²) >= 11 is 0. The van der Waals surface area contributed by atoms with Crippen LogP contribution in [0, 0.1) is 19.7 Å². The molecule has 2 aromatic rings. The number of carbonyl (C=O) groups excluding carboxylic acids is 1. The average molecular weight is 345 g/mol. The standard InChI is InChI=1S/C19H24FN3O2/c1-11(18-12(2)22-25-14(18)4)21-19(24)23(15-9-10-15)13(3)16-7-5-6-8-17(16)20/h5-8,11,13,15H,9-10H2,1-4H3,(H,21,24). The molecular formula is C19H24FN3O2. The first-order valence-corrected chi connectivity index (χ1v) is 8.66. The maximum absolute atomic E-state index is 14.2. The van der Waals surface area contributed by atoms with E-state index in [-0.39, 0.29) is 30.0 Å². The Labute approximate surface area is 147 Å². The highest BCUT2D eigenvalue weighted by Crippen LogP contribution is 2.35. The molecule has 1 aliphatic rings. The van der Waals surface area contributed by atoms with Crippen molar-refractivity contribution in [2.75, 3.05) is 0 Å². The van der Waals surface area contributed by atoms with E-state index in [0.29, 0.717) is 11.3 Å². The van der Waals surface area contributed by atoms with E-state index in [4.69, 9.17) is 4.52 Å². The number of urea groups is 1.